The van der Waals surface area contributed by atoms with Crippen molar-refractivity contribution >= 4 is 69.6 Å². The van der Waals surface area contributed by atoms with Crippen LogP contribution < -0.4 is 30.9 Å². The van der Waals surface area contributed by atoms with E-state index in [1.807, 2.05) is 41.3 Å². The molecule has 326 valence electrons. The molecule has 0 bridgehead atoms. The van der Waals surface area contributed by atoms with Crippen LogP contribution in [0.15, 0.2) is 72.9 Å². The third-order valence-electron chi connectivity index (χ3n) is 12.7. The van der Waals surface area contributed by atoms with Crippen molar-refractivity contribution < 1.29 is 23.9 Å². The van der Waals surface area contributed by atoms with E-state index in [-0.39, 0.29) is 23.5 Å². The number of hydrogen-bond donors (Lipinski definition) is 4. The van der Waals surface area contributed by atoms with Crippen LogP contribution in [0.25, 0.3) is 0 Å². The van der Waals surface area contributed by atoms with Crippen molar-refractivity contribution in [3.05, 3.63) is 89.1 Å². The number of aromatic nitrogens is 2. The van der Waals surface area contributed by atoms with Gasteiger partial charge in [-0.05, 0) is 100.0 Å². The lowest BCUT2D eigenvalue weighted by Crippen LogP contribution is -2.55. The Morgan fingerprint density at radius 2 is 1.60 bits per heavy atom. The van der Waals surface area contributed by atoms with Gasteiger partial charge in [-0.2, -0.15) is 4.98 Å². The first-order chi connectivity index (χ1) is 30.1. The van der Waals surface area contributed by atoms with Crippen LogP contribution in [0.1, 0.15) is 67.3 Å². The highest BCUT2D eigenvalue weighted by Gasteiger charge is 2.31. The number of benzene rings is 3. The molecule has 0 spiro atoms. The number of rotatable bonds is 13. The van der Waals surface area contributed by atoms with Gasteiger partial charge in [-0.15, -0.1) is 0 Å². The van der Waals surface area contributed by atoms with E-state index in [0.717, 1.165) is 89.4 Å². The Hall–Kier alpha value is -5.77. The van der Waals surface area contributed by atoms with Gasteiger partial charge in [0.15, 0.2) is 11.6 Å². The number of para-hydroxylation sites is 1. The minimum Gasteiger partial charge on any atom is -0.494 e. The highest BCUT2D eigenvalue weighted by molar-refractivity contribution is 6.33. The smallest absolute Gasteiger partial charge is 0.249 e. The van der Waals surface area contributed by atoms with Crippen molar-refractivity contribution in [1.29, 1.82) is 0 Å². The Labute approximate surface area is 367 Å². The summed E-state index contributed by atoms with van der Waals surface area (Å²) < 4.78 is 5.80. The van der Waals surface area contributed by atoms with Crippen LogP contribution in [0, 0.1) is 0 Å². The van der Waals surface area contributed by atoms with Crippen LogP contribution in [0.5, 0.6) is 5.75 Å². The average Bonchev–Trinajstić information content (AvgIpc) is 3.29. The van der Waals surface area contributed by atoms with Gasteiger partial charge < -0.3 is 30.5 Å². The first-order valence-electron chi connectivity index (χ1n) is 21.6. The van der Waals surface area contributed by atoms with Crippen molar-refractivity contribution in [2.24, 2.45) is 0 Å². The number of ketones is 1. The van der Waals surface area contributed by atoms with Gasteiger partial charge in [0.1, 0.15) is 16.8 Å². The number of likely N-dealkylation sites (tertiary alicyclic amines) is 1. The SMILES string of the molecule is COc1cc(N2CCC(N3CCN(C(=O)CN4CCC(c5ccc(NC6CCC(=O)NC6=O)cc5)CC4)CC3)CC2)ccc1Nc1ncc(Cl)c(Nc2ccccc2C(C)=O)n1. The molecule has 4 aliphatic rings. The largest absolute Gasteiger partial charge is 0.494 e. The molecule has 4 N–H and O–H groups in total. The van der Waals surface area contributed by atoms with Gasteiger partial charge in [0.05, 0.1) is 31.2 Å². The van der Waals surface area contributed by atoms with Crippen LogP contribution in [0.2, 0.25) is 5.02 Å². The monoisotopic (exact) mass is 862 g/mol. The fourth-order valence-corrected chi connectivity index (χ4v) is 9.21. The Bertz CT molecular complexity index is 2250. The lowest BCUT2D eigenvalue weighted by atomic mass is 9.89. The van der Waals surface area contributed by atoms with Crippen LogP contribution in [-0.2, 0) is 14.4 Å². The first kappa shape index (κ1) is 42.9. The van der Waals surface area contributed by atoms with Crippen LogP contribution >= 0.6 is 11.6 Å². The van der Waals surface area contributed by atoms with Gasteiger partial charge >= 0.3 is 0 Å². The predicted octanol–water partition coefficient (Wildman–Crippen LogP) is 6.04. The summed E-state index contributed by atoms with van der Waals surface area (Å²) >= 11 is 6.44. The van der Waals surface area contributed by atoms with Crippen molar-refractivity contribution in [3.63, 3.8) is 0 Å². The fourth-order valence-electron chi connectivity index (χ4n) is 9.07. The number of nitrogens with zero attached hydrogens (tertiary/aromatic N) is 6. The molecule has 3 aromatic carbocycles. The molecule has 4 aromatic rings. The number of amides is 3. The predicted molar refractivity (Wildman–Crippen MR) is 241 cm³/mol. The molecule has 16 heteroatoms. The molecule has 62 heavy (non-hydrogen) atoms. The Balaban J connectivity index is 0.762. The zero-order chi connectivity index (χ0) is 43.2. The second-order valence-corrected chi connectivity index (χ2v) is 17.0. The number of carbonyl (C=O) groups excluding carboxylic acids is 4. The van der Waals surface area contributed by atoms with E-state index in [0.29, 0.717) is 70.8 Å². The molecule has 0 saturated carbocycles. The van der Waals surface area contributed by atoms with Crippen molar-refractivity contribution in [1.82, 2.24) is 30.0 Å². The molecular weight excluding hydrogens is 808 g/mol. The van der Waals surface area contributed by atoms with E-state index in [4.69, 9.17) is 16.3 Å². The summed E-state index contributed by atoms with van der Waals surface area (Å²) in [5.74, 6) is 1.49. The number of methoxy groups -OCH3 is 1. The number of halogens is 1. The lowest BCUT2D eigenvalue weighted by molar-refractivity contribution is -0.135. The molecule has 4 aliphatic heterocycles. The van der Waals surface area contributed by atoms with Gasteiger partial charge in [-0.3, -0.25) is 34.3 Å². The van der Waals surface area contributed by atoms with Crippen molar-refractivity contribution in [3.8, 4) is 5.75 Å². The van der Waals surface area contributed by atoms with Crippen LogP contribution in [0.3, 0.4) is 0 Å². The zero-order valence-corrected chi connectivity index (χ0v) is 36.1. The molecule has 0 aliphatic carbocycles. The van der Waals surface area contributed by atoms with E-state index in [1.165, 1.54) is 18.7 Å². The van der Waals surface area contributed by atoms with E-state index >= 15 is 0 Å². The van der Waals surface area contributed by atoms with E-state index < -0.39 is 6.04 Å². The highest BCUT2D eigenvalue weighted by Crippen LogP contribution is 2.35. The van der Waals surface area contributed by atoms with Gasteiger partial charge in [0.25, 0.3) is 0 Å². The number of hydrogen-bond acceptors (Lipinski definition) is 13. The Kier molecular flexibility index (Phi) is 13.5. The number of piperidine rings is 3. The molecule has 8 rings (SSSR count). The average molecular weight is 863 g/mol. The van der Waals surface area contributed by atoms with Gasteiger partial charge in [-0.25, -0.2) is 4.98 Å². The maximum absolute atomic E-state index is 13.4. The minimum absolute atomic E-state index is 0.0666. The fraction of sp³-hybridized carbons (Fsp3) is 0.435. The van der Waals surface area contributed by atoms with Crippen molar-refractivity contribution in [2.45, 2.75) is 63.5 Å². The summed E-state index contributed by atoms with van der Waals surface area (Å²) in [5, 5.41) is 12.4. The topological polar surface area (TPSA) is 164 Å². The standard InChI is InChI=1S/C46H55ClN10O5/c1-30(58)36-5-3-4-6-38(36)50-44-37(47)28-48-46(53-44)51-39-12-11-35(27-41(39)62-2)55-21-17-34(18-22-55)56-23-25-57(26-24-56)43(60)29-54-19-15-32(16-20-54)31-7-9-33(10-8-31)49-40-13-14-42(59)52-45(40)61/h3-12,27-28,32,34,40,49H,13-26,29H2,1-2H3,(H,52,59,61)(H2,48,50,51,53). The van der Waals surface area contributed by atoms with Crippen LogP contribution in [-0.4, -0.2) is 126 Å². The number of imide groups is 1. The third-order valence-corrected chi connectivity index (χ3v) is 12.9. The second kappa shape index (κ2) is 19.5. The molecule has 4 saturated heterocycles. The van der Waals surface area contributed by atoms with E-state index in [1.54, 1.807) is 19.2 Å². The molecule has 1 aromatic heterocycles. The maximum Gasteiger partial charge on any atom is 0.249 e. The minimum atomic E-state index is -0.391. The second-order valence-electron chi connectivity index (χ2n) is 16.6. The summed E-state index contributed by atoms with van der Waals surface area (Å²) in [6.07, 6.45) is 6.47. The van der Waals surface area contributed by atoms with E-state index in [9.17, 15) is 19.2 Å². The number of piperazine rings is 1. The quantitative estimate of drug-likeness (QED) is 0.0910. The van der Waals surface area contributed by atoms with Gasteiger partial charge in [0.2, 0.25) is 23.7 Å². The Morgan fingerprint density at radius 3 is 2.31 bits per heavy atom. The molecule has 1 atom stereocenters. The highest BCUT2D eigenvalue weighted by atomic mass is 35.5. The summed E-state index contributed by atoms with van der Waals surface area (Å²) in [4.78, 5) is 67.4. The number of ether oxygens (including phenoxy) is 1. The molecule has 4 fully saturated rings. The number of nitrogens with one attached hydrogen (secondary N) is 4. The number of anilines is 6. The Morgan fingerprint density at radius 1 is 0.855 bits per heavy atom. The number of Topliss-reactive ketones (excluding diaryl/α,β-unsaturated/α-hetero) is 1. The van der Waals surface area contributed by atoms with Crippen LogP contribution in [0.4, 0.5) is 34.5 Å². The first-order valence-corrected chi connectivity index (χ1v) is 22.0. The molecule has 1 unspecified atom stereocenters. The summed E-state index contributed by atoms with van der Waals surface area (Å²) in [6, 6.07) is 21.7. The molecule has 0 radical (unpaired) electrons. The summed E-state index contributed by atoms with van der Waals surface area (Å²) in [5.41, 5.74) is 5.11. The third kappa shape index (κ3) is 10.3. The zero-order valence-electron chi connectivity index (χ0n) is 35.4. The number of carbonyl (C=O) groups is 4. The lowest BCUT2D eigenvalue weighted by Gasteiger charge is -2.43. The van der Waals surface area contributed by atoms with E-state index in [2.05, 4.69) is 64.1 Å². The molecular formula is C46H55ClN10O5. The molecule has 3 amide bonds. The normalized spacial score (nSPS) is 19.5. The molecule has 15 nitrogen and oxygen atoms in total. The molecule has 5 heterocycles. The summed E-state index contributed by atoms with van der Waals surface area (Å²) in [6.45, 7) is 8.96. The van der Waals surface area contributed by atoms with Gasteiger partial charge in [0, 0.05) is 74.7 Å². The van der Waals surface area contributed by atoms with Crippen molar-refractivity contribution in [2.75, 3.05) is 86.9 Å². The summed E-state index contributed by atoms with van der Waals surface area (Å²) in [7, 11) is 1.65. The maximum atomic E-state index is 13.4. The van der Waals surface area contributed by atoms with Gasteiger partial charge in [-0.1, -0.05) is 35.9 Å².